The number of phenolic OH excluding ortho intramolecular Hbond substituents is 1. The lowest BCUT2D eigenvalue weighted by molar-refractivity contribution is -0.130. The Kier molecular flexibility index (Phi) is 3.14. The quantitative estimate of drug-likeness (QED) is 0.459. The number of aryl methyl sites for hydroxylation is 2. The lowest BCUT2D eigenvalue weighted by Gasteiger charge is -2.09. The van der Waals surface area contributed by atoms with Crippen molar-refractivity contribution in [3.8, 4) is 11.5 Å². The molecule has 15 heavy (non-hydrogen) atoms. The van der Waals surface area contributed by atoms with E-state index in [-0.39, 0.29) is 5.75 Å². The summed E-state index contributed by atoms with van der Waals surface area (Å²) in [5, 5.41) is 9.41. The molecule has 80 valence electrons. The summed E-state index contributed by atoms with van der Waals surface area (Å²) < 4.78 is 5.09. The summed E-state index contributed by atoms with van der Waals surface area (Å²) in [6.07, 6.45) is 0. The Bertz CT molecular complexity index is 419. The van der Waals surface area contributed by atoms with Gasteiger partial charge in [0.1, 0.15) is 11.5 Å². The molecule has 0 saturated carbocycles. The minimum absolute atomic E-state index is 0.197. The third-order valence-corrected chi connectivity index (χ3v) is 2.04. The average molecular weight is 206 g/mol. The van der Waals surface area contributed by atoms with Crippen molar-refractivity contribution in [3.05, 3.63) is 35.4 Å². The van der Waals surface area contributed by atoms with E-state index in [2.05, 4.69) is 6.58 Å². The van der Waals surface area contributed by atoms with E-state index in [0.29, 0.717) is 22.4 Å². The van der Waals surface area contributed by atoms with Gasteiger partial charge in [-0.2, -0.15) is 0 Å². The normalized spacial score (nSPS) is 9.80. The second-order valence-corrected chi connectivity index (χ2v) is 3.57. The summed E-state index contributed by atoms with van der Waals surface area (Å²) in [5.74, 6) is 0.198. The van der Waals surface area contributed by atoms with Gasteiger partial charge in [-0.25, -0.2) is 4.79 Å². The smallest absolute Gasteiger partial charge is 0.338 e. The third kappa shape index (κ3) is 2.59. The van der Waals surface area contributed by atoms with Crippen molar-refractivity contribution in [1.29, 1.82) is 0 Å². The van der Waals surface area contributed by atoms with E-state index in [4.69, 9.17) is 4.74 Å². The fraction of sp³-hybridized carbons (Fsp3) is 0.250. The topological polar surface area (TPSA) is 46.5 Å². The molecule has 0 radical (unpaired) electrons. The summed E-state index contributed by atoms with van der Waals surface area (Å²) in [7, 11) is 0. The zero-order chi connectivity index (χ0) is 11.6. The molecule has 0 aromatic heterocycles. The highest BCUT2D eigenvalue weighted by molar-refractivity contribution is 5.89. The molecular formula is C12H14O3. The second kappa shape index (κ2) is 4.17. The first-order valence-corrected chi connectivity index (χ1v) is 4.59. The van der Waals surface area contributed by atoms with Gasteiger partial charge in [0.15, 0.2) is 0 Å². The number of benzene rings is 1. The Hall–Kier alpha value is -1.77. The van der Waals surface area contributed by atoms with Crippen molar-refractivity contribution in [2.24, 2.45) is 0 Å². The number of rotatable bonds is 2. The Morgan fingerprint density at radius 2 is 1.93 bits per heavy atom. The molecule has 1 N–H and O–H groups in total. The van der Waals surface area contributed by atoms with Crippen molar-refractivity contribution in [3.63, 3.8) is 0 Å². The van der Waals surface area contributed by atoms with Gasteiger partial charge in [0.25, 0.3) is 0 Å². The van der Waals surface area contributed by atoms with Gasteiger partial charge < -0.3 is 9.84 Å². The van der Waals surface area contributed by atoms with Crippen LogP contribution in [0.1, 0.15) is 18.1 Å². The maximum atomic E-state index is 11.3. The van der Waals surface area contributed by atoms with Crippen molar-refractivity contribution < 1.29 is 14.6 Å². The number of phenols is 1. The van der Waals surface area contributed by atoms with Crippen molar-refractivity contribution in [1.82, 2.24) is 0 Å². The van der Waals surface area contributed by atoms with Crippen LogP contribution in [0, 0.1) is 13.8 Å². The van der Waals surface area contributed by atoms with Crippen LogP contribution in [-0.2, 0) is 4.79 Å². The summed E-state index contributed by atoms with van der Waals surface area (Å²) in [6, 6.07) is 3.20. The van der Waals surface area contributed by atoms with E-state index in [0.717, 1.165) is 0 Å². The van der Waals surface area contributed by atoms with E-state index in [9.17, 15) is 9.90 Å². The third-order valence-electron chi connectivity index (χ3n) is 2.04. The molecule has 0 unspecified atom stereocenters. The first kappa shape index (κ1) is 11.3. The Labute approximate surface area is 89.0 Å². The number of hydrogen-bond acceptors (Lipinski definition) is 3. The van der Waals surface area contributed by atoms with Gasteiger partial charge in [0, 0.05) is 5.57 Å². The first-order valence-electron chi connectivity index (χ1n) is 4.59. The minimum Gasteiger partial charge on any atom is -0.508 e. The van der Waals surface area contributed by atoms with Crippen LogP contribution < -0.4 is 4.74 Å². The Morgan fingerprint density at radius 3 is 2.47 bits per heavy atom. The summed E-state index contributed by atoms with van der Waals surface area (Å²) in [5.41, 5.74) is 1.73. The molecule has 0 aliphatic carbocycles. The maximum Gasteiger partial charge on any atom is 0.338 e. The molecular weight excluding hydrogens is 192 g/mol. The van der Waals surface area contributed by atoms with Crippen molar-refractivity contribution in [2.75, 3.05) is 0 Å². The number of hydrogen-bond donors (Lipinski definition) is 1. The molecule has 0 bridgehead atoms. The molecule has 0 atom stereocenters. The molecule has 0 heterocycles. The fourth-order valence-corrected chi connectivity index (χ4v) is 1.07. The van der Waals surface area contributed by atoms with E-state index in [1.54, 1.807) is 32.9 Å². The zero-order valence-electron chi connectivity index (χ0n) is 9.13. The zero-order valence-corrected chi connectivity index (χ0v) is 9.13. The highest BCUT2D eigenvalue weighted by atomic mass is 16.5. The molecule has 0 aliphatic rings. The van der Waals surface area contributed by atoms with Gasteiger partial charge in [0.05, 0.1) is 0 Å². The van der Waals surface area contributed by atoms with Gasteiger partial charge in [0.2, 0.25) is 0 Å². The SMILES string of the molecule is C=C(C)C(=O)Oc1cc(C)c(O)cc1C. The lowest BCUT2D eigenvalue weighted by atomic mass is 10.1. The summed E-state index contributed by atoms with van der Waals surface area (Å²) in [6.45, 7) is 8.59. The standard InChI is InChI=1S/C12H14O3/c1-7(2)12(14)15-11-6-8(3)10(13)5-9(11)4/h5-6,13H,1H2,2-4H3. The van der Waals surface area contributed by atoms with Crippen LogP contribution in [0.4, 0.5) is 0 Å². The van der Waals surface area contributed by atoms with Gasteiger partial charge >= 0.3 is 5.97 Å². The Balaban J connectivity index is 3.01. The van der Waals surface area contributed by atoms with Gasteiger partial charge in [-0.15, -0.1) is 0 Å². The highest BCUT2D eigenvalue weighted by Crippen LogP contribution is 2.27. The Morgan fingerprint density at radius 1 is 1.33 bits per heavy atom. The molecule has 1 aromatic carbocycles. The van der Waals surface area contributed by atoms with Crippen molar-refractivity contribution in [2.45, 2.75) is 20.8 Å². The van der Waals surface area contributed by atoms with Crippen LogP contribution in [0.15, 0.2) is 24.3 Å². The largest absolute Gasteiger partial charge is 0.508 e. The van der Waals surface area contributed by atoms with Crippen LogP contribution in [0.25, 0.3) is 0 Å². The van der Waals surface area contributed by atoms with Crippen LogP contribution in [0.3, 0.4) is 0 Å². The molecule has 0 amide bonds. The number of carbonyl (C=O) groups excluding carboxylic acids is 1. The lowest BCUT2D eigenvalue weighted by Crippen LogP contribution is -2.09. The fourth-order valence-electron chi connectivity index (χ4n) is 1.07. The van der Waals surface area contributed by atoms with Crippen LogP contribution in [0.5, 0.6) is 11.5 Å². The van der Waals surface area contributed by atoms with Gasteiger partial charge in [-0.1, -0.05) is 6.58 Å². The van der Waals surface area contributed by atoms with E-state index >= 15 is 0 Å². The van der Waals surface area contributed by atoms with Gasteiger partial charge in [-0.3, -0.25) is 0 Å². The van der Waals surface area contributed by atoms with Crippen LogP contribution in [0.2, 0.25) is 0 Å². The molecule has 0 aliphatic heterocycles. The predicted molar refractivity (Wildman–Crippen MR) is 58.0 cm³/mol. The van der Waals surface area contributed by atoms with Crippen LogP contribution in [-0.4, -0.2) is 11.1 Å². The number of aromatic hydroxyl groups is 1. The van der Waals surface area contributed by atoms with E-state index in [1.165, 1.54) is 0 Å². The number of carbonyl (C=O) groups is 1. The van der Waals surface area contributed by atoms with Crippen molar-refractivity contribution >= 4 is 5.97 Å². The molecule has 3 heteroatoms. The highest BCUT2D eigenvalue weighted by Gasteiger charge is 2.09. The first-order chi connectivity index (χ1) is 6.91. The molecule has 0 spiro atoms. The minimum atomic E-state index is -0.455. The molecule has 0 fully saturated rings. The molecule has 0 saturated heterocycles. The molecule has 3 nitrogen and oxygen atoms in total. The predicted octanol–water partition coefficient (Wildman–Crippen LogP) is 2.49. The maximum absolute atomic E-state index is 11.3. The number of ether oxygens (including phenoxy) is 1. The van der Waals surface area contributed by atoms with E-state index < -0.39 is 5.97 Å². The second-order valence-electron chi connectivity index (χ2n) is 3.57. The van der Waals surface area contributed by atoms with Crippen LogP contribution >= 0.6 is 0 Å². The average Bonchev–Trinajstić information content (AvgIpc) is 2.13. The summed E-state index contributed by atoms with van der Waals surface area (Å²) in [4.78, 5) is 11.3. The summed E-state index contributed by atoms with van der Waals surface area (Å²) >= 11 is 0. The van der Waals surface area contributed by atoms with E-state index in [1.807, 2.05) is 0 Å². The monoisotopic (exact) mass is 206 g/mol. The molecule has 1 rings (SSSR count). The number of esters is 1. The van der Waals surface area contributed by atoms with Gasteiger partial charge in [-0.05, 0) is 44.0 Å². The molecule has 1 aromatic rings.